The minimum atomic E-state index is -0.469. The molecule has 202 valence electrons. The number of halogens is 1. The molecule has 39 heavy (non-hydrogen) atoms. The summed E-state index contributed by atoms with van der Waals surface area (Å²) in [5.41, 5.74) is 8.73. The monoisotopic (exact) mass is 531 g/mol. The smallest absolute Gasteiger partial charge is 0.273 e. The Hall–Kier alpha value is -4.61. The average Bonchev–Trinajstić information content (AvgIpc) is 3.60. The van der Waals surface area contributed by atoms with E-state index in [9.17, 15) is 14.0 Å². The summed E-state index contributed by atoms with van der Waals surface area (Å²) in [6, 6.07) is 8.12. The first-order valence-corrected chi connectivity index (χ1v) is 12.8. The standard InChI is InChI=1S/C27H30FN9O2/c1-5-21-25(19-8-10-20(28)11-9-19)35-36(13-18-6-7-18)26(21)31-22-12-23(30-14-29-22)37-16(3)24(15(2)34-37)27(39)33-32-17(4)38/h8-12,14,18H,5-7,13H2,1-4H3,(H,32,38)(H,33,39)(H,29,30,31). The van der Waals surface area contributed by atoms with Crippen LogP contribution in [0.5, 0.6) is 0 Å². The van der Waals surface area contributed by atoms with Crippen LogP contribution in [0.2, 0.25) is 0 Å². The van der Waals surface area contributed by atoms with Crippen LogP contribution in [0, 0.1) is 25.6 Å². The summed E-state index contributed by atoms with van der Waals surface area (Å²) in [4.78, 5) is 32.6. The Kier molecular flexibility index (Phi) is 7.09. The number of carbonyl (C=O) groups excluding carboxylic acids is 2. The van der Waals surface area contributed by atoms with Gasteiger partial charge < -0.3 is 5.32 Å². The van der Waals surface area contributed by atoms with Crippen molar-refractivity contribution in [3.63, 3.8) is 0 Å². The quantitative estimate of drug-likeness (QED) is 0.295. The van der Waals surface area contributed by atoms with Crippen molar-refractivity contribution in [2.45, 2.75) is 53.5 Å². The molecule has 1 aliphatic carbocycles. The molecule has 0 atom stereocenters. The number of nitrogens with zero attached hydrogens (tertiary/aromatic N) is 6. The summed E-state index contributed by atoms with van der Waals surface area (Å²) in [6.07, 6.45) is 4.47. The van der Waals surface area contributed by atoms with E-state index in [-0.39, 0.29) is 11.7 Å². The normalized spacial score (nSPS) is 12.8. The molecule has 3 N–H and O–H groups in total. The van der Waals surface area contributed by atoms with Crippen LogP contribution in [-0.4, -0.2) is 41.3 Å². The van der Waals surface area contributed by atoms with Crippen molar-refractivity contribution in [1.29, 1.82) is 0 Å². The highest BCUT2D eigenvalue weighted by molar-refractivity contribution is 5.97. The van der Waals surface area contributed by atoms with E-state index in [1.54, 1.807) is 36.7 Å². The molecule has 0 radical (unpaired) electrons. The highest BCUT2D eigenvalue weighted by atomic mass is 19.1. The fourth-order valence-electron chi connectivity index (χ4n) is 4.54. The van der Waals surface area contributed by atoms with Gasteiger partial charge in [-0.05, 0) is 63.3 Å². The summed E-state index contributed by atoms with van der Waals surface area (Å²) in [5, 5.41) is 12.9. The van der Waals surface area contributed by atoms with Crippen molar-refractivity contribution < 1.29 is 14.0 Å². The molecule has 12 heteroatoms. The number of hydrogen-bond acceptors (Lipinski definition) is 7. The van der Waals surface area contributed by atoms with Gasteiger partial charge in [-0.25, -0.2) is 23.7 Å². The summed E-state index contributed by atoms with van der Waals surface area (Å²) in [5.74, 6) is 1.27. The van der Waals surface area contributed by atoms with Crippen LogP contribution < -0.4 is 16.2 Å². The fraction of sp³-hybridized carbons (Fsp3) is 0.333. The zero-order valence-electron chi connectivity index (χ0n) is 22.2. The van der Waals surface area contributed by atoms with Crippen molar-refractivity contribution in [2.75, 3.05) is 5.32 Å². The van der Waals surface area contributed by atoms with Gasteiger partial charge in [-0.2, -0.15) is 10.2 Å². The Morgan fingerprint density at radius 3 is 2.49 bits per heavy atom. The number of carbonyl (C=O) groups is 2. The number of amides is 2. The van der Waals surface area contributed by atoms with Gasteiger partial charge in [0.1, 0.15) is 23.8 Å². The Morgan fingerprint density at radius 1 is 1.08 bits per heavy atom. The van der Waals surface area contributed by atoms with E-state index in [1.807, 2.05) is 4.68 Å². The van der Waals surface area contributed by atoms with Crippen LogP contribution in [0.4, 0.5) is 16.0 Å². The van der Waals surface area contributed by atoms with Crippen LogP contribution in [-0.2, 0) is 17.8 Å². The third-order valence-corrected chi connectivity index (χ3v) is 6.64. The molecule has 4 aromatic rings. The van der Waals surface area contributed by atoms with Crippen LogP contribution in [0.15, 0.2) is 36.7 Å². The van der Waals surface area contributed by atoms with Crippen molar-refractivity contribution in [3.05, 3.63) is 65.0 Å². The highest BCUT2D eigenvalue weighted by Gasteiger charge is 2.27. The lowest BCUT2D eigenvalue weighted by molar-refractivity contribution is -0.119. The largest absolute Gasteiger partial charge is 0.325 e. The number of rotatable bonds is 8. The molecule has 5 rings (SSSR count). The summed E-state index contributed by atoms with van der Waals surface area (Å²) in [7, 11) is 0. The Bertz CT molecular complexity index is 1540. The van der Waals surface area contributed by atoms with Crippen molar-refractivity contribution in [1.82, 2.24) is 40.4 Å². The molecule has 0 bridgehead atoms. The molecule has 1 aliphatic rings. The van der Waals surface area contributed by atoms with E-state index in [1.165, 1.54) is 38.2 Å². The third-order valence-electron chi connectivity index (χ3n) is 6.64. The predicted molar refractivity (Wildman–Crippen MR) is 143 cm³/mol. The van der Waals surface area contributed by atoms with Gasteiger partial charge in [0.15, 0.2) is 5.82 Å². The van der Waals surface area contributed by atoms with E-state index >= 15 is 0 Å². The maximum atomic E-state index is 13.6. The summed E-state index contributed by atoms with van der Waals surface area (Å²) >= 11 is 0. The van der Waals surface area contributed by atoms with E-state index in [2.05, 4.69) is 38.2 Å². The van der Waals surface area contributed by atoms with Gasteiger partial charge in [-0.15, -0.1) is 0 Å². The second-order valence-corrected chi connectivity index (χ2v) is 9.64. The second-order valence-electron chi connectivity index (χ2n) is 9.64. The van der Waals surface area contributed by atoms with E-state index in [0.717, 1.165) is 29.2 Å². The summed E-state index contributed by atoms with van der Waals surface area (Å²) in [6.45, 7) is 7.62. The molecular formula is C27H30FN9O2. The minimum absolute atomic E-state index is 0.291. The number of nitrogens with one attached hydrogen (secondary N) is 3. The molecule has 1 aromatic carbocycles. The third kappa shape index (κ3) is 5.49. The Balaban J connectivity index is 1.48. The van der Waals surface area contributed by atoms with Crippen molar-refractivity contribution >= 4 is 23.5 Å². The number of benzene rings is 1. The van der Waals surface area contributed by atoms with Crippen LogP contribution in [0.3, 0.4) is 0 Å². The first kappa shape index (κ1) is 26.0. The fourth-order valence-corrected chi connectivity index (χ4v) is 4.54. The molecule has 0 saturated heterocycles. The Labute approximate surface area is 224 Å². The van der Waals surface area contributed by atoms with Crippen LogP contribution in [0.25, 0.3) is 17.1 Å². The lowest BCUT2D eigenvalue weighted by Crippen LogP contribution is -2.40. The van der Waals surface area contributed by atoms with Crippen LogP contribution in [0.1, 0.15) is 54.0 Å². The van der Waals surface area contributed by atoms with E-state index in [0.29, 0.717) is 40.9 Å². The maximum Gasteiger partial charge on any atom is 0.273 e. The van der Waals surface area contributed by atoms with Crippen molar-refractivity contribution in [2.24, 2.45) is 5.92 Å². The first-order valence-electron chi connectivity index (χ1n) is 12.8. The van der Waals surface area contributed by atoms with E-state index in [4.69, 9.17) is 5.10 Å². The van der Waals surface area contributed by atoms with Crippen LogP contribution >= 0.6 is 0 Å². The van der Waals surface area contributed by atoms with Crippen molar-refractivity contribution in [3.8, 4) is 17.1 Å². The van der Waals surface area contributed by atoms with Gasteiger partial charge in [0.2, 0.25) is 5.91 Å². The lowest BCUT2D eigenvalue weighted by Gasteiger charge is -2.12. The van der Waals surface area contributed by atoms with Gasteiger partial charge >= 0.3 is 0 Å². The zero-order valence-corrected chi connectivity index (χ0v) is 22.2. The molecule has 3 heterocycles. The predicted octanol–water partition coefficient (Wildman–Crippen LogP) is 3.78. The molecule has 0 aliphatic heterocycles. The molecule has 1 fully saturated rings. The highest BCUT2D eigenvalue weighted by Crippen LogP contribution is 2.36. The van der Waals surface area contributed by atoms with Gasteiger partial charge in [0.25, 0.3) is 5.91 Å². The SMILES string of the molecule is CCc1c(-c2ccc(F)cc2)nn(CC2CC2)c1Nc1cc(-n2nc(C)c(C(=O)NNC(C)=O)c2C)ncn1. The number of hydrazine groups is 1. The second kappa shape index (κ2) is 10.6. The summed E-state index contributed by atoms with van der Waals surface area (Å²) < 4.78 is 17.1. The van der Waals surface area contributed by atoms with Gasteiger partial charge in [-0.1, -0.05) is 6.92 Å². The first-order chi connectivity index (χ1) is 18.7. The van der Waals surface area contributed by atoms with Gasteiger partial charge in [0, 0.05) is 30.7 Å². The maximum absolute atomic E-state index is 13.6. The lowest BCUT2D eigenvalue weighted by atomic mass is 10.1. The molecular weight excluding hydrogens is 501 g/mol. The average molecular weight is 532 g/mol. The molecule has 0 unspecified atom stereocenters. The van der Waals surface area contributed by atoms with Gasteiger partial charge in [0.05, 0.1) is 22.6 Å². The molecule has 0 spiro atoms. The van der Waals surface area contributed by atoms with Gasteiger partial charge in [-0.3, -0.25) is 20.4 Å². The Morgan fingerprint density at radius 2 is 1.82 bits per heavy atom. The van der Waals surface area contributed by atoms with E-state index < -0.39 is 5.91 Å². The molecule has 2 amide bonds. The molecule has 11 nitrogen and oxygen atoms in total. The molecule has 1 saturated carbocycles. The number of aromatic nitrogens is 6. The minimum Gasteiger partial charge on any atom is -0.325 e. The molecule has 3 aromatic heterocycles. The zero-order chi connectivity index (χ0) is 27.7. The number of aryl methyl sites for hydroxylation is 1. The number of anilines is 2. The topological polar surface area (TPSA) is 132 Å². The number of hydrogen-bond donors (Lipinski definition) is 3.